The first-order chi connectivity index (χ1) is 14.0. The lowest BCUT2D eigenvalue weighted by Crippen LogP contribution is -2.43. The standard InChI is InChI=1S/C21H32FN3O3S/c22-19-6-8-20(9-7-19)29(27,28)25-16-10-18(11-17-25)21(26)23-12-5-15-24-13-3-1-2-4-14-24/h6-9,18H,1-5,10-17H2,(H,23,26). The second kappa shape index (κ2) is 10.5. The Balaban J connectivity index is 1.39. The maximum Gasteiger partial charge on any atom is 0.243 e. The molecule has 8 heteroatoms. The maximum atomic E-state index is 13.1. The van der Waals surface area contributed by atoms with Gasteiger partial charge in [-0.15, -0.1) is 0 Å². The largest absolute Gasteiger partial charge is 0.356 e. The number of hydrogen-bond donors (Lipinski definition) is 1. The van der Waals surface area contributed by atoms with Crippen LogP contribution in [0.1, 0.15) is 44.9 Å². The zero-order valence-electron chi connectivity index (χ0n) is 17.0. The summed E-state index contributed by atoms with van der Waals surface area (Å²) in [6.07, 6.45) is 7.16. The van der Waals surface area contributed by atoms with E-state index in [4.69, 9.17) is 0 Å². The zero-order chi connectivity index (χ0) is 20.7. The molecule has 1 N–H and O–H groups in total. The Morgan fingerprint density at radius 3 is 2.24 bits per heavy atom. The third-order valence-corrected chi connectivity index (χ3v) is 7.84. The lowest BCUT2D eigenvalue weighted by Gasteiger charge is -2.30. The number of sulfonamides is 1. The minimum Gasteiger partial charge on any atom is -0.356 e. The molecule has 2 aliphatic rings. The number of carbonyl (C=O) groups is 1. The van der Waals surface area contributed by atoms with Crippen LogP contribution >= 0.6 is 0 Å². The van der Waals surface area contributed by atoms with E-state index in [-0.39, 0.29) is 16.7 Å². The number of hydrogen-bond acceptors (Lipinski definition) is 4. The minimum atomic E-state index is -3.63. The number of nitrogens with zero attached hydrogens (tertiary/aromatic N) is 2. The van der Waals surface area contributed by atoms with E-state index in [0.717, 1.165) is 38.2 Å². The Labute approximate surface area is 173 Å². The maximum absolute atomic E-state index is 13.1. The number of amides is 1. The molecule has 1 aromatic rings. The minimum absolute atomic E-state index is 0.0275. The van der Waals surface area contributed by atoms with Gasteiger partial charge in [0.05, 0.1) is 4.90 Å². The van der Waals surface area contributed by atoms with Crippen LogP contribution in [-0.4, -0.2) is 62.8 Å². The molecule has 1 aromatic carbocycles. The van der Waals surface area contributed by atoms with Gasteiger partial charge < -0.3 is 10.2 Å². The highest BCUT2D eigenvalue weighted by Crippen LogP contribution is 2.24. The zero-order valence-corrected chi connectivity index (χ0v) is 17.8. The molecule has 0 atom stereocenters. The van der Waals surface area contributed by atoms with Gasteiger partial charge in [0, 0.05) is 25.6 Å². The van der Waals surface area contributed by atoms with Gasteiger partial charge in [-0.2, -0.15) is 4.31 Å². The van der Waals surface area contributed by atoms with Crippen LogP contribution in [0.25, 0.3) is 0 Å². The molecule has 0 bridgehead atoms. The molecule has 0 aliphatic carbocycles. The monoisotopic (exact) mass is 425 g/mol. The van der Waals surface area contributed by atoms with Gasteiger partial charge in [-0.05, 0) is 76.0 Å². The number of carbonyl (C=O) groups excluding carboxylic acids is 1. The average molecular weight is 426 g/mol. The third kappa shape index (κ3) is 6.23. The van der Waals surface area contributed by atoms with E-state index < -0.39 is 15.8 Å². The van der Waals surface area contributed by atoms with Crippen LogP contribution in [0.2, 0.25) is 0 Å². The van der Waals surface area contributed by atoms with Crippen molar-refractivity contribution < 1.29 is 17.6 Å². The number of halogens is 1. The summed E-state index contributed by atoms with van der Waals surface area (Å²) in [4.78, 5) is 15.0. The van der Waals surface area contributed by atoms with Gasteiger partial charge in [-0.1, -0.05) is 12.8 Å². The van der Waals surface area contributed by atoms with Crippen molar-refractivity contribution in [3.63, 3.8) is 0 Å². The lowest BCUT2D eigenvalue weighted by molar-refractivity contribution is -0.126. The summed E-state index contributed by atoms with van der Waals surface area (Å²) in [7, 11) is -3.63. The summed E-state index contributed by atoms with van der Waals surface area (Å²) in [5, 5.41) is 3.02. The molecular formula is C21H32FN3O3S. The number of rotatable bonds is 7. The Morgan fingerprint density at radius 1 is 1.00 bits per heavy atom. The molecular weight excluding hydrogens is 393 g/mol. The number of piperidine rings is 1. The van der Waals surface area contributed by atoms with Gasteiger partial charge in [0.15, 0.2) is 0 Å². The van der Waals surface area contributed by atoms with Crippen molar-refractivity contribution in [3.05, 3.63) is 30.1 Å². The smallest absolute Gasteiger partial charge is 0.243 e. The molecule has 2 aliphatic heterocycles. The van der Waals surface area contributed by atoms with E-state index in [1.165, 1.54) is 42.1 Å². The van der Waals surface area contributed by atoms with Gasteiger partial charge in [0.25, 0.3) is 0 Å². The molecule has 0 aromatic heterocycles. The van der Waals surface area contributed by atoms with Crippen LogP contribution < -0.4 is 5.32 Å². The van der Waals surface area contributed by atoms with Gasteiger partial charge >= 0.3 is 0 Å². The molecule has 162 valence electrons. The first-order valence-corrected chi connectivity index (χ1v) is 12.2. The van der Waals surface area contributed by atoms with Crippen molar-refractivity contribution in [1.82, 2.24) is 14.5 Å². The second-order valence-corrected chi connectivity index (χ2v) is 9.97. The Morgan fingerprint density at radius 2 is 1.62 bits per heavy atom. The molecule has 29 heavy (non-hydrogen) atoms. The normalized spacial score (nSPS) is 20.3. The average Bonchev–Trinajstić information content (AvgIpc) is 3.00. The van der Waals surface area contributed by atoms with E-state index in [0.29, 0.717) is 32.5 Å². The van der Waals surface area contributed by atoms with Crippen molar-refractivity contribution in [2.45, 2.75) is 49.8 Å². The fraction of sp³-hybridized carbons (Fsp3) is 0.667. The van der Waals surface area contributed by atoms with Gasteiger partial charge in [-0.3, -0.25) is 4.79 Å². The molecule has 2 heterocycles. The van der Waals surface area contributed by atoms with Crippen LogP contribution in [0.15, 0.2) is 29.2 Å². The number of likely N-dealkylation sites (tertiary alicyclic amines) is 1. The van der Waals surface area contributed by atoms with Crippen LogP contribution in [0.4, 0.5) is 4.39 Å². The molecule has 3 rings (SSSR count). The van der Waals surface area contributed by atoms with Gasteiger partial charge in [0.2, 0.25) is 15.9 Å². The van der Waals surface area contributed by atoms with Gasteiger partial charge in [0.1, 0.15) is 5.82 Å². The van der Waals surface area contributed by atoms with Crippen LogP contribution in [0.5, 0.6) is 0 Å². The Kier molecular flexibility index (Phi) is 8.03. The molecule has 6 nitrogen and oxygen atoms in total. The predicted molar refractivity (Wildman–Crippen MR) is 110 cm³/mol. The van der Waals surface area contributed by atoms with E-state index in [1.54, 1.807) is 0 Å². The van der Waals surface area contributed by atoms with Crippen molar-refractivity contribution in [2.24, 2.45) is 5.92 Å². The topological polar surface area (TPSA) is 69.7 Å². The summed E-state index contributed by atoms with van der Waals surface area (Å²) in [5.74, 6) is -0.581. The van der Waals surface area contributed by atoms with E-state index in [1.807, 2.05) is 0 Å². The highest BCUT2D eigenvalue weighted by atomic mass is 32.2. The molecule has 2 fully saturated rings. The lowest BCUT2D eigenvalue weighted by atomic mass is 9.97. The van der Waals surface area contributed by atoms with Crippen molar-refractivity contribution in [3.8, 4) is 0 Å². The number of benzene rings is 1. The van der Waals surface area contributed by atoms with Crippen LogP contribution in [-0.2, 0) is 14.8 Å². The molecule has 1 amide bonds. The van der Waals surface area contributed by atoms with E-state index in [2.05, 4.69) is 10.2 Å². The molecule has 0 radical (unpaired) electrons. The number of nitrogens with one attached hydrogen (secondary N) is 1. The SMILES string of the molecule is O=C(NCCCN1CCCCCC1)C1CCN(S(=O)(=O)c2ccc(F)cc2)CC1. The summed E-state index contributed by atoms with van der Waals surface area (Å²) in [5.41, 5.74) is 0. The fourth-order valence-electron chi connectivity index (χ4n) is 4.13. The van der Waals surface area contributed by atoms with E-state index in [9.17, 15) is 17.6 Å². The fourth-order valence-corrected chi connectivity index (χ4v) is 5.60. The Hall–Kier alpha value is -1.51. The predicted octanol–water partition coefficient (Wildman–Crippen LogP) is 2.61. The summed E-state index contributed by atoms with van der Waals surface area (Å²) in [6.45, 7) is 4.64. The quantitative estimate of drug-likeness (QED) is 0.682. The molecule has 2 saturated heterocycles. The summed E-state index contributed by atoms with van der Waals surface area (Å²) < 4.78 is 39.8. The second-order valence-electron chi connectivity index (χ2n) is 8.03. The van der Waals surface area contributed by atoms with E-state index >= 15 is 0 Å². The first kappa shape index (κ1) is 22.2. The van der Waals surface area contributed by atoms with Gasteiger partial charge in [-0.25, -0.2) is 12.8 Å². The third-order valence-electron chi connectivity index (χ3n) is 5.93. The van der Waals surface area contributed by atoms with Crippen molar-refractivity contribution >= 4 is 15.9 Å². The van der Waals surface area contributed by atoms with Crippen LogP contribution in [0, 0.1) is 11.7 Å². The molecule has 0 spiro atoms. The Bertz CT molecular complexity index is 754. The first-order valence-electron chi connectivity index (χ1n) is 10.7. The molecule has 0 saturated carbocycles. The van der Waals surface area contributed by atoms with Crippen molar-refractivity contribution in [2.75, 3.05) is 39.3 Å². The van der Waals surface area contributed by atoms with Crippen molar-refractivity contribution in [1.29, 1.82) is 0 Å². The highest BCUT2D eigenvalue weighted by molar-refractivity contribution is 7.89. The van der Waals surface area contributed by atoms with Crippen LogP contribution in [0.3, 0.4) is 0 Å². The molecule has 0 unspecified atom stereocenters. The summed E-state index contributed by atoms with van der Waals surface area (Å²) >= 11 is 0. The summed E-state index contributed by atoms with van der Waals surface area (Å²) in [6, 6.07) is 4.87. The highest BCUT2D eigenvalue weighted by Gasteiger charge is 2.32.